The number of halogens is 3. The molecule has 2 heterocycles. The molecular weight excluding hydrogens is 361 g/mol. The summed E-state index contributed by atoms with van der Waals surface area (Å²) < 4.78 is 40.2. The standard InChI is InChI=1S/C17H13F3N6O/c1-10-4-12(6-13(5-10)17(18,19)20)16-22-9-26(25-16)8-14(15(21)27)11-2-3-23-24-7-11/h2-9H,1H3,(H2,21,27)/b14-8-. The monoisotopic (exact) mass is 374 g/mol. The first-order valence-corrected chi connectivity index (χ1v) is 7.63. The second kappa shape index (κ2) is 6.98. The SMILES string of the molecule is Cc1cc(-c2ncn(/C=C(\C(N)=O)c3ccnnc3)n2)cc(C(F)(F)F)c1. The van der Waals surface area contributed by atoms with Gasteiger partial charge in [-0.1, -0.05) is 0 Å². The highest BCUT2D eigenvalue weighted by molar-refractivity contribution is 6.22. The maximum atomic E-state index is 13.0. The van der Waals surface area contributed by atoms with Crippen molar-refractivity contribution in [2.45, 2.75) is 13.1 Å². The Morgan fingerprint density at radius 2 is 2.00 bits per heavy atom. The van der Waals surface area contributed by atoms with Crippen molar-refractivity contribution in [2.75, 3.05) is 0 Å². The Balaban J connectivity index is 2.00. The third kappa shape index (κ3) is 4.17. The number of rotatable bonds is 4. The van der Waals surface area contributed by atoms with Crippen LogP contribution in [0.1, 0.15) is 16.7 Å². The molecule has 0 aliphatic heterocycles. The fourth-order valence-corrected chi connectivity index (χ4v) is 2.41. The van der Waals surface area contributed by atoms with E-state index in [0.717, 1.165) is 12.1 Å². The molecule has 0 spiro atoms. The summed E-state index contributed by atoms with van der Waals surface area (Å²) >= 11 is 0. The van der Waals surface area contributed by atoms with Crippen LogP contribution < -0.4 is 5.73 Å². The number of carbonyl (C=O) groups excluding carboxylic acids is 1. The zero-order valence-corrected chi connectivity index (χ0v) is 14.0. The van der Waals surface area contributed by atoms with E-state index in [1.165, 1.54) is 35.7 Å². The molecule has 3 rings (SSSR count). The Kier molecular flexibility index (Phi) is 4.72. The Labute approximate surface area is 151 Å². The van der Waals surface area contributed by atoms with Crippen molar-refractivity contribution in [3.8, 4) is 11.4 Å². The van der Waals surface area contributed by atoms with E-state index in [9.17, 15) is 18.0 Å². The van der Waals surface area contributed by atoms with Gasteiger partial charge in [0.2, 0.25) is 0 Å². The summed E-state index contributed by atoms with van der Waals surface area (Å²) in [6.07, 6.45) is 0.852. The molecule has 0 aliphatic carbocycles. The Hall–Kier alpha value is -3.56. The van der Waals surface area contributed by atoms with Gasteiger partial charge in [-0.2, -0.15) is 23.4 Å². The zero-order chi connectivity index (χ0) is 19.6. The molecule has 2 aromatic heterocycles. The lowest BCUT2D eigenvalue weighted by molar-refractivity contribution is -0.137. The second-order valence-electron chi connectivity index (χ2n) is 5.67. The molecule has 1 amide bonds. The van der Waals surface area contributed by atoms with E-state index in [1.807, 2.05) is 0 Å². The first-order chi connectivity index (χ1) is 12.7. The average Bonchev–Trinajstić information content (AvgIpc) is 3.08. The van der Waals surface area contributed by atoms with Gasteiger partial charge in [-0.3, -0.25) is 4.79 Å². The fraction of sp³-hybridized carbons (Fsp3) is 0.118. The third-order valence-corrected chi connectivity index (χ3v) is 3.59. The topological polar surface area (TPSA) is 99.6 Å². The van der Waals surface area contributed by atoms with Gasteiger partial charge in [0.25, 0.3) is 5.91 Å². The molecule has 0 atom stereocenters. The third-order valence-electron chi connectivity index (χ3n) is 3.59. The number of aromatic nitrogens is 5. The van der Waals surface area contributed by atoms with Crippen molar-refractivity contribution in [1.29, 1.82) is 0 Å². The van der Waals surface area contributed by atoms with Crippen LogP contribution in [0, 0.1) is 6.92 Å². The summed E-state index contributed by atoms with van der Waals surface area (Å²) in [4.78, 5) is 15.7. The number of benzene rings is 1. The van der Waals surface area contributed by atoms with Crippen LogP contribution in [0.5, 0.6) is 0 Å². The van der Waals surface area contributed by atoms with Gasteiger partial charge in [-0.15, -0.1) is 5.10 Å². The van der Waals surface area contributed by atoms with E-state index >= 15 is 0 Å². The maximum absolute atomic E-state index is 13.0. The van der Waals surface area contributed by atoms with E-state index < -0.39 is 17.6 Å². The van der Waals surface area contributed by atoms with Gasteiger partial charge in [0.05, 0.1) is 23.5 Å². The smallest absolute Gasteiger partial charge is 0.366 e. The number of hydrogen-bond acceptors (Lipinski definition) is 5. The quantitative estimate of drug-likeness (QED) is 0.708. The lowest BCUT2D eigenvalue weighted by Crippen LogP contribution is -2.14. The van der Waals surface area contributed by atoms with Crippen molar-refractivity contribution in [3.05, 3.63) is 59.7 Å². The van der Waals surface area contributed by atoms with Crippen molar-refractivity contribution in [2.24, 2.45) is 5.73 Å². The summed E-state index contributed by atoms with van der Waals surface area (Å²) in [6.45, 7) is 1.55. The first-order valence-electron chi connectivity index (χ1n) is 7.63. The van der Waals surface area contributed by atoms with E-state index in [2.05, 4.69) is 20.3 Å². The number of alkyl halides is 3. The number of primary amides is 1. The van der Waals surface area contributed by atoms with Crippen molar-refractivity contribution < 1.29 is 18.0 Å². The van der Waals surface area contributed by atoms with Crippen LogP contribution in [-0.2, 0) is 11.0 Å². The second-order valence-corrected chi connectivity index (χ2v) is 5.67. The number of carbonyl (C=O) groups is 1. The predicted octanol–water partition coefficient (Wildman–Crippen LogP) is 2.55. The Morgan fingerprint density at radius 3 is 2.63 bits per heavy atom. The minimum Gasteiger partial charge on any atom is -0.366 e. The summed E-state index contributed by atoms with van der Waals surface area (Å²) in [5.41, 5.74) is 5.75. The highest BCUT2D eigenvalue weighted by atomic mass is 19.4. The maximum Gasteiger partial charge on any atom is 0.416 e. The molecule has 7 nitrogen and oxygen atoms in total. The molecular formula is C17H13F3N6O. The molecule has 0 saturated heterocycles. The van der Waals surface area contributed by atoms with Crippen molar-refractivity contribution >= 4 is 17.7 Å². The minimum atomic E-state index is -4.48. The zero-order valence-electron chi connectivity index (χ0n) is 14.0. The Morgan fingerprint density at radius 1 is 1.22 bits per heavy atom. The molecule has 0 unspecified atom stereocenters. The van der Waals surface area contributed by atoms with Crippen LogP contribution in [0.2, 0.25) is 0 Å². The van der Waals surface area contributed by atoms with Gasteiger partial charge >= 0.3 is 6.18 Å². The van der Waals surface area contributed by atoms with Crippen LogP contribution in [-0.4, -0.2) is 30.9 Å². The molecule has 3 aromatic rings. The van der Waals surface area contributed by atoms with Crippen LogP contribution >= 0.6 is 0 Å². The lowest BCUT2D eigenvalue weighted by Gasteiger charge is -2.09. The van der Waals surface area contributed by atoms with Crippen LogP contribution in [0.15, 0.2) is 43.0 Å². The van der Waals surface area contributed by atoms with Crippen LogP contribution in [0.25, 0.3) is 23.2 Å². The summed E-state index contributed by atoms with van der Waals surface area (Å²) in [6, 6.07) is 5.10. The molecule has 0 saturated carbocycles. The molecule has 27 heavy (non-hydrogen) atoms. The van der Waals surface area contributed by atoms with Gasteiger partial charge in [0, 0.05) is 17.3 Å². The number of amides is 1. The van der Waals surface area contributed by atoms with Gasteiger partial charge in [-0.25, -0.2) is 9.67 Å². The Bertz CT molecular complexity index is 1010. The number of nitrogens with two attached hydrogens (primary N) is 1. The molecule has 1 aromatic carbocycles. The van der Waals surface area contributed by atoms with Gasteiger partial charge < -0.3 is 5.73 Å². The summed E-state index contributed by atoms with van der Waals surface area (Å²) in [5.74, 6) is -0.646. The summed E-state index contributed by atoms with van der Waals surface area (Å²) in [5, 5.41) is 11.4. The molecule has 2 N–H and O–H groups in total. The molecule has 0 radical (unpaired) electrons. The summed E-state index contributed by atoms with van der Waals surface area (Å²) in [7, 11) is 0. The van der Waals surface area contributed by atoms with Gasteiger partial charge in [-0.05, 0) is 36.8 Å². The van der Waals surface area contributed by atoms with Crippen molar-refractivity contribution in [1.82, 2.24) is 25.0 Å². The largest absolute Gasteiger partial charge is 0.416 e. The van der Waals surface area contributed by atoms with Gasteiger partial charge in [0.15, 0.2) is 5.82 Å². The van der Waals surface area contributed by atoms with E-state index in [1.54, 1.807) is 13.0 Å². The lowest BCUT2D eigenvalue weighted by atomic mass is 10.1. The first kappa shape index (κ1) is 18.2. The van der Waals surface area contributed by atoms with Crippen molar-refractivity contribution in [3.63, 3.8) is 0 Å². The van der Waals surface area contributed by atoms with Gasteiger partial charge in [0.1, 0.15) is 6.33 Å². The van der Waals surface area contributed by atoms with Crippen LogP contribution in [0.3, 0.4) is 0 Å². The van der Waals surface area contributed by atoms with Crippen LogP contribution in [0.4, 0.5) is 13.2 Å². The normalized spacial score (nSPS) is 12.2. The van der Waals surface area contributed by atoms with E-state index in [0.29, 0.717) is 11.1 Å². The fourth-order valence-electron chi connectivity index (χ4n) is 2.41. The molecule has 0 aliphatic rings. The molecule has 10 heteroatoms. The number of hydrogen-bond donors (Lipinski definition) is 1. The predicted molar refractivity (Wildman–Crippen MR) is 90.6 cm³/mol. The molecule has 138 valence electrons. The number of nitrogens with zero attached hydrogens (tertiary/aromatic N) is 5. The number of aryl methyl sites for hydroxylation is 1. The van der Waals surface area contributed by atoms with E-state index in [-0.39, 0.29) is 17.0 Å². The highest BCUT2D eigenvalue weighted by Gasteiger charge is 2.31. The molecule has 0 fully saturated rings. The highest BCUT2D eigenvalue weighted by Crippen LogP contribution is 2.32. The molecule has 0 bridgehead atoms. The van der Waals surface area contributed by atoms with E-state index in [4.69, 9.17) is 5.73 Å². The average molecular weight is 374 g/mol. The minimum absolute atomic E-state index is 0.0807.